The minimum atomic E-state index is 0.0180. The Morgan fingerprint density at radius 2 is 1.68 bits per heavy atom. The number of thioether (sulfide) groups is 1. The molecule has 2 nitrogen and oxygen atoms in total. The van der Waals surface area contributed by atoms with Crippen LogP contribution in [0.2, 0.25) is 0 Å². The average molecular weight is 265 g/mol. The quantitative estimate of drug-likeness (QED) is 0.651. The van der Waals surface area contributed by atoms with Crippen molar-refractivity contribution in [3.63, 3.8) is 0 Å². The predicted molar refractivity (Wildman–Crippen MR) is 78.4 cm³/mol. The van der Waals surface area contributed by atoms with Gasteiger partial charge >= 0.3 is 0 Å². The Labute approximate surface area is 115 Å². The summed E-state index contributed by atoms with van der Waals surface area (Å²) in [6.07, 6.45) is 1.69. The number of carbonyl (C=O) groups excluding carboxylic acids is 1. The van der Waals surface area contributed by atoms with Gasteiger partial charge in [0.15, 0.2) is 0 Å². The van der Waals surface area contributed by atoms with E-state index in [0.29, 0.717) is 5.56 Å². The van der Waals surface area contributed by atoms with Crippen LogP contribution in [0, 0.1) is 0 Å². The smallest absolute Gasteiger partial charge is 0.225 e. The van der Waals surface area contributed by atoms with E-state index in [9.17, 15) is 4.79 Å². The zero-order chi connectivity index (χ0) is 13.1. The molecule has 1 heterocycles. The van der Waals surface area contributed by atoms with E-state index in [1.807, 2.05) is 60.7 Å². The average Bonchev–Trinajstić information content (AvgIpc) is 2.48. The Morgan fingerprint density at radius 3 is 2.47 bits per heavy atom. The number of aromatic nitrogens is 1. The van der Waals surface area contributed by atoms with Crippen LogP contribution in [-0.2, 0) is 0 Å². The molecule has 0 unspecified atom stereocenters. The van der Waals surface area contributed by atoms with Gasteiger partial charge in [-0.25, -0.2) is 4.98 Å². The second-order valence-corrected chi connectivity index (χ2v) is 5.11. The lowest BCUT2D eigenvalue weighted by Crippen LogP contribution is -1.93. The molecule has 3 rings (SSSR count). The molecule has 0 spiro atoms. The van der Waals surface area contributed by atoms with Crippen LogP contribution in [0.4, 0.5) is 0 Å². The number of pyridine rings is 1. The van der Waals surface area contributed by atoms with Gasteiger partial charge in [0.1, 0.15) is 5.03 Å². The molecule has 0 N–H and O–H groups in total. The maximum absolute atomic E-state index is 12.2. The number of carbonyl (C=O) groups is 1. The Balaban J connectivity index is 1.89. The second kappa shape index (κ2) is 5.24. The number of hydrogen-bond acceptors (Lipinski definition) is 3. The molecule has 0 bridgehead atoms. The zero-order valence-electron chi connectivity index (χ0n) is 10.1. The number of fused-ring (bicyclic) bond motifs is 1. The summed E-state index contributed by atoms with van der Waals surface area (Å²) >= 11 is 1.16. The highest BCUT2D eigenvalue weighted by Crippen LogP contribution is 2.23. The van der Waals surface area contributed by atoms with Gasteiger partial charge in [0.2, 0.25) is 5.12 Å². The molecule has 3 aromatic rings. The highest BCUT2D eigenvalue weighted by Gasteiger charge is 2.09. The van der Waals surface area contributed by atoms with E-state index in [1.54, 1.807) is 6.20 Å². The molecule has 0 aliphatic heterocycles. The van der Waals surface area contributed by atoms with E-state index in [1.165, 1.54) is 0 Å². The van der Waals surface area contributed by atoms with Crippen LogP contribution in [0.3, 0.4) is 0 Å². The largest absolute Gasteiger partial charge is 0.281 e. The van der Waals surface area contributed by atoms with Crippen molar-refractivity contribution in [2.45, 2.75) is 5.03 Å². The van der Waals surface area contributed by atoms with Gasteiger partial charge in [0.25, 0.3) is 0 Å². The first-order valence-electron chi connectivity index (χ1n) is 5.95. The summed E-state index contributed by atoms with van der Waals surface area (Å²) in [5, 5.41) is 2.96. The third-order valence-electron chi connectivity index (χ3n) is 2.82. The molecule has 0 radical (unpaired) electrons. The summed E-state index contributed by atoms with van der Waals surface area (Å²) in [4.78, 5) is 16.3. The lowest BCUT2D eigenvalue weighted by Gasteiger charge is -2.02. The van der Waals surface area contributed by atoms with Gasteiger partial charge in [0, 0.05) is 11.8 Å². The van der Waals surface area contributed by atoms with E-state index in [2.05, 4.69) is 4.98 Å². The molecule has 0 atom stereocenters. The van der Waals surface area contributed by atoms with Crippen LogP contribution >= 0.6 is 11.8 Å². The molecule has 0 aliphatic rings. The van der Waals surface area contributed by atoms with E-state index in [0.717, 1.165) is 27.6 Å². The fourth-order valence-electron chi connectivity index (χ4n) is 1.88. The molecule has 0 aliphatic carbocycles. The fourth-order valence-corrected chi connectivity index (χ4v) is 2.57. The molecule has 2 aromatic carbocycles. The summed E-state index contributed by atoms with van der Waals surface area (Å²) in [6, 6.07) is 19.3. The lowest BCUT2D eigenvalue weighted by molar-refractivity contribution is 0.108. The van der Waals surface area contributed by atoms with Gasteiger partial charge in [0.05, 0.1) is 0 Å². The van der Waals surface area contributed by atoms with Crippen molar-refractivity contribution in [3.05, 3.63) is 72.4 Å². The Bertz CT molecular complexity index is 725. The molecule has 3 heteroatoms. The van der Waals surface area contributed by atoms with Gasteiger partial charge in [-0.15, -0.1) is 0 Å². The van der Waals surface area contributed by atoms with Crippen LogP contribution in [0.1, 0.15) is 10.4 Å². The van der Waals surface area contributed by atoms with E-state index >= 15 is 0 Å². The van der Waals surface area contributed by atoms with Crippen LogP contribution in [0.25, 0.3) is 10.8 Å². The van der Waals surface area contributed by atoms with Gasteiger partial charge in [-0.3, -0.25) is 4.79 Å². The summed E-state index contributed by atoms with van der Waals surface area (Å²) in [5.41, 5.74) is 0.703. The summed E-state index contributed by atoms with van der Waals surface area (Å²) in [5.74, 6) is 0. The van der Waals surface area contributed by atoms with Crippen molar-refractivity contribution in [3.8, 4) is 0 Å². The standard InChI is InChI=1S/C16H11NOS/c18-16(19-15-7-3-4-10-17-15)14-9-8-12-5-1-2-6-13(12)11-14/h1-11H. The summed E-state index contributed by atoms with van der Waals surface area (Å²) in [6.45, 7) is 0. The third kappa shape index (κ3) is 2.66. The van der Waals surface area contributed by atoms with Gasteiger partial charge in [-0.05, 0) is 46.8 Å². The van der Waals surface area contributed by atoms with Crippen molar-refractivity contribution in [2.75, 3.05) is 0 Å². The van der Waals surface area contributed by atoms with Crippen molar-refractivity contribution in [1.29, 1.82) is 0 Å². The van der Waals surface area contributed by atoms with Crippen LogP contribution in [0.15, 0.2) is 71.9 Å². The van der Waals surface area contributed by atoms with Gasteiger partial charge < -0.3 is 0 Å². The fraction of sp³-hybridized carbons (Fsp3) is 0. The monoisotopic (exact) mass is 265 g/mol. The van der Waals surface area contributed by atoms with Gasteiger partial charge in [-0.1, -0.05) is 36.4 Å². The minimum absolute atomic E-state index is 0.0180. The third-order valence-corrected chi connectivity index (χ3v) is 3.69. The summed E-state index contributed by atoms with van der Waals surface area (Å²) < 4.78 is 0. The zero-order valence-corrected chi connectivity index (χ0v) is 10.9. The Morgan fingerprint density at radius 1 is 0.895 bits per heavy atom. The number of benzene rings is 2. The molecule has 0 saturated heterocycles. The van der Waals surface area contributed by atoms with E-state index < -0.39 is 0 Å². The maximum Gasteiger partial charge on any atom is 0.225 e. The van der Waals surface area contributed by atoms with Gasteiger partial charge in [-0.2, -0.15) is 0 Å². The molecule has 1 aromatic heterocycles. The molecule has 0 amide bonds. The van der Waals surface area contributed by atoms with Crippen molar-refractivity contribution in [2.24, 2.45) is 0 Å². The maximum atomic E-state index is 12.2. The van der Waals surface area contributed by atoms with E-state index in [4.69, 9.17) is 0 Å². The minimum Gasteiger partial charge on any atom is -0.281 e. The molecule has 0 fully saturated rings. The number of rotatable bonds is 2. The molecule has 92 valence electrons. The van der Waals surface area contributed by atoms with Crippen LogP contribution in [-0.4, -0.2) is 10.1 Å². The molecular weight excluding hydrogens is 254 g/mol. The number of nitrogens with zero attached hydrogens (tertiary/aromatic N) is 1. The molecule has 0 saturated carbocycles. The topological polar surface area (TPSA) is 30.0 Å². The normalized spacial score (nSPS) is 10.5. The summed E-state index contributed by atoms with van der Waals surface area (Å²) in [7, 11) is 0. The highest BCUT2D eigenvalue weighted by atomic mass is 32.2. The van der Waals surface area contributed by atoms with Crippen LogP contribution < -0.4 is 0 Å². The molecular formula is C16H11NOS. The number of hydrogen-bond donors (Lipinski definition) is 0. The van der Waals surface area contributed by atoms with Crippen molar-refractivity contribution >= 4 is 27.6 Å². The first-order chi connectivity index (χ1) is 9.33. The highest BCUT2D eigenvalue weighted by molar-refractivity contribution is 8.14. The first kappa shape index (κ1) is 11.9. The SMILES string of the molecule is O=C(Sc1ccccn1)c1ccc2ccccc2c1. The van der Waals surface area contributed by atoms with Crippen molar-refractivity contribution in [1.82, 2.24) is 4.98 Å². The predicted octanol–water partition coefficient (Wildman–Crippen LogP) is 4.17. The van der Waals surface area contributed by atoms with Crippen LogP contribution in [0.5, 0.6) is 0 Å². The van der Waals surface area contributed by atoms with E-state index in [-0.39, 0.29) is 5.12 Å². The molecule has 19 heavy (non-hydrogen) atoms. The Kier molecular flexibility index (Phi) is 3.29. The lowest BCUT2D eigenvalue weighted by atomic mass is 10.1. The van der Waals surface area contributed by atoms with Crippen molar-refractivity contribution < 1.29 is 4.79 Å². The Hall–Kier alpha value is -2.13. The first-order valence-corrected chi connectivity index (χ1v) is 6.76. The second-order valence-electron chi connectivity index (χ2n) is 4.12.